The third kappa shape index (κ3) is 5.79. The summed E-state index contributed by atoms with van der Waals surface area (Å²) < 4.78 is 62.8. The van der Waals surface area contributed by atoms with Gasteiger partial charge in [-0.05, 0) is 6.07 Å². The third-order valence-corrected chi connectivity index (χ3v) is 4.55. The molecule has 3 rings (SSSR count). The number of halogens is 4. The fourth-order valence-electron chi connectivity index (χ4n) is 2.84. The maximum absolute atomic E-state index is 14.9. The summed E-state index contributed by atoms with van der Waals surface area (Å²) in [6, 6.07) is 1.83. The van der Waals surface area contributed by atoms with Crippen LogP contribution in [0.15, 0.2) is 22.9 Å². The second-order valence-electron chi connectivity index (χ2n) is 6.79. The predicted molar refractivity (Wildman–Crippen MR) is 94.0 cm³/mol. The normalized spacial score (nSPS) is 16.1. The average Bonchev–Trinajstić information content (AvgIpc) is 3.20. The molecule has 0 aromatic carbocycles. The number of anilines is 1. The Balaban J connectivity index is 1.46. The summed E-state index contributed by atoms with van der Waals surface area (Å²) in [4.78, 5) is 31.2. The van der Waals surface area contributed by atoms with Crippen molar-refractivity contribution in [1.82, 2.24) is 20.4 Å². The summed E-state index contributed by atoms with van der Waals surface area (Å²) in [6.45, 7) is -0.652. The van der Waals surface area contributed by atoms with Crippen LogP contribution in [0.25, 0.3) is 0 Å². The Bertz CT molecular complexity index is 943. The molecule has 31 heavy (non-hydrogen) atoms. The van der Waals surface area contributed by atoms with E-state index in [2.05, 4.69) is 25.0 Å². The van der Waals surface area contributed by atoms with E-state index in [0.717, 1.165) is 18.3 Å². The van der Waals surface area contributed by atoms with Gasteiger partial charge in [0, 0.05) is 38.2 Å². The van der Waals surface area contributed by atoms with Gasteiger partial charge < -0.3 is 24.6 Å². The first-order valence-electron chi connectivity index (χ1n) is 8.99. The smallest absolute Gasteiger partial charge is 0.433 e. The number of carbonyl (C=O) groups is 2. The molecule has 0 saturated carbocycles. The molecule has 1 saturated heterocycles. The van der Waals surface area contributed by atoms with Crippen LogP contribution in [0.4, 0.5) is 28.3 Å². The predicted octanol–water partition coefficient (Wildman–Crippen LogP) is 2.42. The van der Waals surface area contributed by atoms with Gasteiger partial charge in [0.25, 0.3) is 0 Å². The van der Waals surface area contributed by atoms with Crippen molar-refractivity contribution in [2.24, 2.45) is 0 Å². The number of carbonyl (C=O) groups excluding carboxylic acids is 1. The average molecular weight is 447 g/mol. The number of nitrogens with zero attached hydrogens (tertiary/aromatic N) is 4. The SMILES string of the molecule is O=C(NCC1(F)CCN(c2nccc(C(F)(F)F)n2)CC1)OCc1cc(C(=O)O)no1. The number of aromatic carboxylic acids is 1. The Morgan fingerprint density at radius 1 is 1.32 bits per heavy atom. The number of hydrogen-bond donors (Lipinski definition) is 2. The van der Waals surface area contributed by atoms with Crippen LogP contribution in [0.2, 0.25) is 0 Å². The number of amides is 1. The van der Waals surface area contributed by atoms with Crippen molar-refractivity contribution < 1.29 is 41.5 Å². The first-order valence-corrected chi connectivity index (χ1v) is 8.99. The fourth-order valence-corrected chi connectivity index (χ4v) is 2.84. The standard InChI is InChI=1S/C17H17F4N5O5/c18-16(9-23-15(29)30-8-10-7-11(13(27)28)25-31-10)2-5-26(6-3-16)14-22-4-1-12(24-14)17(19,20)21/h1,4,7H,2-3,5-6,8-9H2,(H,23,29)(H,27,28). The highest BCUT2D eigenvalue weighted by molar-refractivity contribution is 5.85. The second-order valence-corrected chi connectivity index (χ2v) is 6.79. The lowest BCUT2D eigenvalue weighted by molar-refractivity contribution is -0.141. The van der Waals surface area contributed by atoms with Crippen LogP contribution in [0, 0.1) is 0 Å². The van der Waals surface area contributed by atoms with Gasteiger partial charge >= 0.3 is 18.2 Å². The number of hydrogen-bond acceptors (Lipinski definition) is 8. The van der Waals surface area contributed by atoms with Gasteiger partial charge in [0.15, 0.2) is 18.1 Å². The van der Waals surface area contributed by atoms with Gasteiger partial charge in [0.2, 0.25) is 5.95 Å². The number of carboxylic acids is 1. The number of alkyl carbamates (subject to hydrolysis) is 1. The molecule has 10 nitrogen and oxygen atoms in total. The van der Waals surface area contributed by atoms with Crippen molar-refractivity contribution in [2.45, 2.75) is 31.3 Å². The minimum atomic E-state index is -4.61. The van der Waals surface area contributed by atoms with E-state index >= 15 is 0 Å². The molecule has 2 aromatic heterocycles. The molecule has 2 N–H and O–H groups in total. The van der Waals surface area contributed by atoms with E-state index in [1.807, 2.05) is 0 Å². The van der Waals surface area contributed by atoms with Crippen LogP contribution in [-0.4, -0.2) is 57.6 Å². The lowest BCUT2D eigenvalue weighted by Crippen LogP contribution is -2.48. The van der Waals surface area contributed by atoms with Gasteiger partial charge in [-0.1, -0.05) is 5.16 Å². The largest absolute Gasteiger partial charge is 0.476 e. The minimum Gasteiger partial charge on any atom is -0.476 e. The van der Waals surface area contributed by atoms with Crippen LogP contribution in [0.3, 0.4) is 0 Å². The van der Waals surface area contributed by atoms with E-state index in [1.165, 1.54) is 4.90 Å². The number of alkyl halides is 4. The summed E-state index contributed by atoms with van der Waals surface area (Å²) in [7, 11) is 0. The number of aromatic nitrogens is 3. The number of nitrogens with one attached hydrogen (secondary N) is 1. The second kappa shape index (κ2) is 8.73. The zero-order chi connectivity index (χ0) is 22.6. The highest BCUT2D eigenvalue weighted by atomic mass is 19.4. The topological polar surface area (TPSA) is 131 Å². The highest BCUT2D eigenvalue weighted by Crippen LogP contribution is 2.31. The van der Waals surface area contributed by atoms with Gasteiger partial charge in [-0.2, -0.15) is 13.2 Å². The van der Waals surface area contributed by atoms with Crippen molar-refractivity contribution in [2.75, 3.05) is 24.5 Å². The van der Waals surface area contributed by atoms with Crippen LogP contribution >= 0.6 is 0 Å². The zero-order valence-electron chi connectivity index (χ0n) is 15.9. The molecule has 0 aliphatic carbocycles. The van der Waals surface area contributed by atoms with Gasteiger partial charge in [-0.15, -0.1) is 0 Å². The lowest BCUT2D eigenvalue weighted by atomic mass is 9.93. The molecule has 0 bridgehead atoms. The molecule has 1 aliphatic rings. The monoisotopic (exact) mass is 447 g/mol. The van der Waals surface area contributed by atoms with Crippen molar-refractivity contribution in [3.63, 3.8) is 0 Å². The summed E-state index contributed by atoms with van der Waals surface area (Å²) >= 11 is 0. The van der Waals surface area contributed by atoms with Gasteiger partial charge in [-0.3, -0.25) is 0 Å². The quantitative estimate of drug-likeness (QED) is 0.641. The first-order chi connectivity index (χ1) is 14.6. The zero-order valence-corrected chi connectivity index (χ0v) is 15.9. The molecule has 1 fully saturated rings. The molecule has 14 heteroatoms. The molecular formula is C17H17F4N5O5. The summed E-state index contributed by atoms with van der Waals surface area (Å²) in [5.74, 6) is -1.45. The van der Waals surface area contributed by atoms with Crippen LogP contribution in [-0.2, 0) is 17.5 Å². The maximum atomic E-state index is 14.9. The van der Waals surface area contributed by atoms with Crippen LogP contribution < -0.4 is 10.2 Å². The van der Waals surface area contributed by atoms with Gasteiger partial charge in [0.05, 0.1) is 6.54 Å². The van der Waals surface area contributed by atoms with E-state index in [9.17, 15) is 27.2 Å². The number of carboxylic acid groups (broad SMARTS) is 1. The number of ether oxygens (including phenoxy) is 1. The highest BCUT2D eigenvalue weighted by Gasteiger charge is 2.37. The molecule has 0 radical (unpaired) electrons. The van der Waals surface area contributed by atoms with E-state index in [4.69, 9.17) is 9.84 Å². The number of rotatable bonds is 6. The Hall–Kier alpha value is -3.45. The summed E-state index contributed by atoms with van der Waals surface area (Å²) in [5.41, 5.74) is -3.22. The summed E-state index contributed by atoms with van der Waals surface area (Å²) in [5, 5.41) is 14.2. The molecule has 2 aromatic rings. The third-order valence-electron chi connectivity index (χ3n) is 4.55. The Labute approximate surface area is 172 Å². The Morgan fingerprint density at radius 3 is 2.65 bits per heavy atom. The molecule has 168 valence electrons. The van der Waals surface area contributed by atoms with E-state index in [0.29, 0.717) is 0 Å². The van der Waals surface area contributed by atoms with Gasteiger partial charge in [-0.25, -0.2) is 23.9 Å². The van der Waals surface area contributed by atoms with Gasteiger partial charge in [0.1, 0.15) is 11.4 Å². The molecule has 0 atom stereocenters. The van der Waals surface area contributed by atoms with Crippen LogP contribution in [0.1, 0.15) is 34.8 Å². The number of piperidine rings is 1. The molecule has 0 spiro atoms. The summed E-state index contributed by atoms with van der Waals surface area (Å²) in [6.07, 6.45) is -4.71. The fraction of sp³-hybridized carbons (Fsp3) is 0.471. The Kier molecular flexibility index (Phi) is 6.27. The molecule has 3 heterocycles. The molecule has 1 amide bonds. The van der Waals surface area contributed by atoms with Crippen molar-refractivity contribution in [1.29, 1.82) is 0 Å². The molecule has 1 aliphatic heterocycles. The Morgan fingerprint density at radius 2 is 2.03 bits per heavy atom. The first kappa shape index (κ1) is 22.2. The maximum Gasteiger partial charge on any atom is 0.433 e. The molecular weight excluding hydrogens is 430 g/mol. The minimum absolute atomic E-state index is 0.00286. The van der Waals surface area contributed by atoms with Crippen molar-refractivity contribution >= 4 is 18.0 Å². The molecule has 0 unspecified atom stereocenters. The van der Waals surface area contributed by atoms with Crippen molar-refractivity contribution in [3.8, 4) is 0 Å². The van der Waals surface area contributed by atoms with Crippen molar-refractivity contribution in [3.05, 3.63) is 35.5 Å². The van der Waals surface area contributed by atoms with E-state index < -0.39 is 36.2 Å². The van der Waals surface area contributed by atoms with E-state index in [-0.39, 0.29) is 49.9 Å². The lowest BCUT2D eigenvalue weighted by Gasteiger charge is -2.36. The van der Waals surface area contributed by atoms with E-state index in [1.54, 1.807) is 0 Å². The van der Waals surface area contributed by atoms with Crippen LogP contribution in [0.5, 0.6) is 0 Å².